The van der Waals surface area contributed by atoms with E-state index in [1.165, 1.54) is 0 Å². The Morgan fingerprint density at radius 3 is 2.87 bits per heavy atom. The summed E-state index contributed by atoms with van der Waals surface area (Å²) < 4.78 is 5.47. The number of fused-ring (bicyclic) bond motifs is 3. The Bertz CT molecular complexity index is 566. The van der Waals surface area contributed by atoms with Crippen molar-refractivity contribution in [2.24, 2.45) is 4.99 Å². The zero-order chi connectivity index (χ0) is 10.3. The molecular formula is C11H7ClN2O. The maximum Gasteiger partial charge on any atom is 0.179 e. The summed E-state index contributed by atoms with van der Waals surface area (Å²) in [7, 11) is 0. The molecule has 4 heteroatoms. The summed E-state index contributed by atoms with van der Waals surface area (Å²) in [5.74, 6) is 0.769. The van der Waals surface area contributed by atoms with E-state index < -0.39 is 0 Å². The van der Waals surface area contributed by atoms with Gasteiger partial charge in [0.05, 0.1) is 6.21 Å². The molecule has 2 aromatic rings. The highest BCUT2D eigenvalue weighted by atomic mass is 35.5. The molecule has 0 spiro atoms. The molecule has 0 atom stereocenters. The summed E-state index contributed by atoms with van der Waals surface area (Å²) in [6.45, 7) is 0.348. The van der Waals surface area contributed by atoms with Gasteiger partial charge in [-0.2, -0.15) is 0 Å². The number of benzene rings is 1. The third-order valence-electron chi connectivity index (χ3n) is 2.34. The number of ether oxygens (including phenoxy) is 1. The monoisotopic (exact) mass is 218 g/mol. The van der Waals surface area contributed by atoms with E-state index in [2.05, 4.69) is 9.98 Å². The Morgan fingerprint density at radius 2 is 2.00 bits per heavy atom. The van der Waals surface area contributed by atoms with Gasteiger partial charge < -0.3 is 4.74 Å². The van der Waals surface area contributed by atoms with Crippen LogP contribution in [0, 0.1) is 0 Å². The van der Waals surface area contributed by atoms with Gasteiger partial charge in [-0.15, -0.1) is 0 Å². The minimum Gasteiger partial charge on any atom is -0.468 e. The van der Waals surface area contributed by atoms with Gasteiger partial charge in [0.25, 0.3) is 0 Å². The largest absolute Gasteiger partial charge is 0.468 e. The molecule has 0 N–H and O–H groups in total. The van der Waals surface area contributed by atoms with Crippen molar-refractivity contribution in [2.45, 2.75) is 0 Å². The summed E-state index contributed by atoms with van der Waals surface area (Å²) in [4.78, 5) is 8.23. The SMILES string of the molecule is Clc1nc2c(c3ccccc13)OCN=C2. The van der Waals surface area contributed by atoms with E-state index in [-0.39, 0.29) is 0 Å². The quantitative estimate of drug-likeness (QED) is 0.637. The zero-order valence-electron chi connectivity index (χ0n) is 7.77. The van der Waals surface area contributed by atoms with Crippen LogP contribution in [0.25, 0.3) is 10.8 Å². The van der Waals surface area contributed by atoms with Gasteiger partial charge in [0.15, 0.2) is 12.5 Å². The number of hydrogen-bond acceptors (Lipinski definition) is 3. The van der Waals surface area contributed by atoms with Crippen LogP contribution in [0.3, 0.4) is 0 Å². The molecule has 2 heterocycles. The minimum absolute atomic E-state index is 0.348. The topological polar surface area (TPSA) is 34.5 Å². The van der Waals surface area contributed by atoms with E-state index >= 15 is 0 Å². The van der Waals surface area contributed by atoms with E-state index in [0.717, 1.165) is 16.5 Å². The highest BCUT2D eigenvalue weighted by Crippen LogP contribution is 2.33. The second-order valence-corrected chi connectivity index (χ2v) is 3.61. The van der Waals surface area contributed by atoms with Crippen LogP contribution >= 0.6 is 11.6 Å². The molecule has 15 heavy (non-hydrogen) atoms. The van der Waals surface area contributed by atoms with Gasteiger partial charge in [0.2, 0.25) is 0 Å². The minimum atomic E-state index is 0.348. The van der Waals surface area contributed by atoms with E-state index in [4.69, 9.17) is 16.3 Å². The maximum atomic E-state index is 6.07. The van der Waals surface area contributed by atoms with Crippen LogP contribution in [0.5, 0.6) is 5.75 Å². The molecule has 0 fully saturated rings. The number of aromatic nitrogens is 1. The zero-order valence-corrected chi connectivity index (χ0v) is 8.53. The van der Waals surface area contributed by atoms with E-state index in [1.807, 2.05) is 24.3 Å². The summed E-state index contributed by atoms with van der Waals surface area (Å²) in [5.41, 5.74) is 0.699. The van der Waals surface area contributed by atoms with Crippen molar-refractivity contribution < 1.29 is 4.74 Å². The molecule has 0 saturated carbocycles. The summed E-state index contributed by atoms with van der Waals surface area (Å²) in [6, 6.07) is 7.79. The summed E-state index contributed by atoms with van der Waals surface area (Å²) in [6.07, 6.45) is 1.69. The summed E-state index contributed by atoms with van der Waals surface area (Å²) >= 11 is 6.07. The number of halogens is 1. The standard InChI is InChI=1S/C11H7ClN2O/c12-11-8-4-2-1-3-7(8)10-9(14-11)5-13-6-15-10/h1-5H,6H2. The molecule has 1 aromatic carbocycles. The Labute approximate surface area is 91.4 Å². The van der Waals surface area contributed by atoms with E-state index in [9.17, 15) is 0 Å². The first-order valence-electron chi connectivity index (χ1n) is 4.57. The lowest BCUT2D eigenvalue weighted by molar-refractivity contribution is 0.328. The number of nitrogens with zero attached hydrogens (tertiary/aromatic N) is 2. The normalized spacial score (nSPS) is 13.7. The van der Waals surface area contributed by atoms with Gasteiger partial charge in [-0.05, 0) is 0 Å². The van der Waals surface area contributed by atoms with Crippen LogP contribution in [-0.4, -0.2) is 17.9 Å². The van der Waals surface area contributed by atoms with Crippen LogP contribution in [0.4, 0.5) is 0 Å². The fourth-order valence-corrected chi connectivity index (χ4v) is 1.94. The summed E-state index contributed by atoms with van der Waals surface area (Å²) in [5, 5.41) is 2.38. The Kier molecular flexibility index (Phi) is 1.86. The Balaban J connectivity index is 2.45. The molecule has 3 nitrogen and oxygen atoms in total. The Hall–Kier alpha value is -1.61. The predicted octanol–water partition coefficient (Wildman–Crippen LogP) is 2.66. The van der Waals surface area contributed by atoms with Crippen molar-refractivity contribution in [3.8, 4) is 5.75 Å². The molecule has 1 aliphatic heterocycles. The van der Waals surface area contributed by atoms with Crippen LogP contribution in [0.2, 0.25) is 5.15 Å². The van der Waals surface area contributed by atoms with Gasteiger partial charge in [-0.1, -0.05) is 35.9 Å². The lowest BCUT2D eigenvalue weighted by Crippen LogP contribution is -2.06. The van der Waals surface area contributed by atoms with Crippen molar-refractivity contribution in [1.82, 2.24) is 4.98 Å². The maximum absolute atomic E-state index is 6.07. The lowest BCUT2D eigenvalue weighted by Gasteiger charge is -2.14. The van der Waals surface area contributed by atoms with E-state index in [0.29, 0.717) is 17.6 Å². The molecule has 0 radical (unpaired) electrons. The van der Waals surface area contributed by atoms with Gasteiger partial charge in [0, 0.05) is 10.8 Å². The van der Waals surface area contributed by atoms with Crippen molar-refractivity contribution >= 4 is 28.6 Å². The van der Waals surface area contributed by atoms with Gasteiger partial charge in [-0.3, -0.25) is 4.99 Å². The molecule has 0 aliphatic carbocycles. The van der Waals surface area contributed by atoms with Gasteiger partial charge >= 0.3 is 0 Å². The average molecular weight is 219 g/mol. The molecule has 0 amide bonds. The van der Waals surface area contributed by atoms with Crippen molar-refractivity contribution in [3.05, 3.63) is 35.1 Å². The van der Waals surface area contributed by atoms with Crippen LogP contribution in [-0.2, 0) is 0 Å². The van der Waals surface area contributed by atoms with Crippen molar-refractivity contribution in [1.29, 1.82) is 0 Å². The second-order valence-electron chi connectivity index (χ2n) is 3.25. The molecule has 1 aliphatic rings. The first-order valence-corrected chi connectivity index (χ1v) is 4.95. The third kappa shape index (κ3) is 1.27. The molecule has 3 rings (SSSR count). The number of rotatable bonds is 0. The fraction of sp³-hybridized carbons (Fsp3) is 0.0909. The highest BCUT2D eigenvalue weighted by Gasteiger charge is 2.14. The van der Waals surface area contributed by atoms with Crippen LogP contribution in [0.15, 0.2) is 29.3 Å². The Morgan fingerprint density at radius 1 is 1.20 bits per heavy atom. The first kappa shape index (κ1) is 8.68. The molecule has 0 saturated heterocycles. The molecule has 74 valence electrons. The first-order chi connectivity index (χ1) is 7.36. The molecule has 0 unspecified atom stereocenters. The number of pyridine rings is 1. The van der Waals surface area contributed by atoms with Crippen LogP contribution in [0.1, 0.15) is 5.69 Å². The number of hydrogen-bond donors (Lipinski definition) is 0. The van der Waals surface area contributed by atoms with Crippen LogP contribution < -0.4 is 4.74 Å². The average Bonchev–Trinajstić information content (AvgIpc) is 2.30. The van der Waals surface area contributed by atoms with E-state index in [1.54, 1.807) is 6.21 Å². The van der Waals surface area contributed by atoms with Crippen molar-refractivity contribution in [2.75, 3.05) is 6.73 Å². The smallest absolute Gasteiger partial charge is 0.179 e. The lowest BCUT2D eigenvalue weighted by atomic mass is 10.1. The van der Waals surface area contributed by atoms with Gasteiger partial charge in [-0.25, -0.2) is 4.98 Å². The van der Waals surface area contributed by atoms with Gasteiger partial charge in [0.1, 0.15) is 10.8 Å². The van der Waals surface area contributed by atoms with Crippen molar-refractivity contribution in [3.63, 3.8) is 0 Å². The highest BCUT2D eigenvalue weighted by molar-refractivity contribution is 6.34. The third-order valence-corrected chi connectivity index (χ3v) is 2.63. The second kappa shape index (κ2) is 3.21. The molecule has 0 bridgehead atoms. The predicted molar refractivity (Wildman–Crippen MR) is 59.8 cm³/mol. The molecule has 1 aromatic heterocycles. The fourth-order valence-electron chi connectivity index (χ4n) is 1.68. The number of aliphatic imine (C=N–C) groups is 1. The molecular weight excluding hydrogens is 212 g/mol.